The quantitative estimate of drug-likeness (QED) is 0.377. The lowest BCUT2D eigenvalue weighted by atomic mass is 10.1. The molecular formula is C8H13NO3. The molecule has 0 aromatic carbocycles. The van der Waals surface area contributed by atoms with Gasteiger partial charge in [0.15, 0.2) is 0 Å². The summed E-state index contributed by atoms with van der Waals surface area (Å²) < 4.78 is 0. The molecule has 0 rings (SSSR count). The lowest BCUT2D eigenvalue weighted by Crippen LogP contribution is -2.15. The maximum atomic E-state index is 10.8. The zero-order chi connectivity index (χ0) is 9.40. The van der Waals surface area contributed by atoms with Gasteiger partial charge >= 0.3 is 5.97 Å². The molecule has 0 atom stereocenters. The Morgan fingerprint density at radius 1 is 1.58 bits per heavy atom. The molecule has 0 aromatic heterocycles. The predicted octanol–water partition coefficient (Wildman–Crippen LogP) is 0.793. The molecule has 0 amide bonds. The minimum Gasteiger partial charge on any atom is -0.344 e. The van der Waals surface area contributed by atoms with E-state index < -0.39 is 0 Å². The fourth-order valence-corrected chi connectivity index (χ4v) is 0.553. The fourth-order valence-electron chi connectivity index (χ4n) is 0.553. The van der Waals surface area contributed by atoms with E-state index in [-0.39, 0.29) is 11.9 Å². The lowest BCUT2D eigenvalue weighted by Gasteiger charge is -2.03. The molecule has 0 saturated carbocycles. The van der Waals surface area contributed by atoms with Crippen LogP contribution in [0.5, 0.6) is 0 Å². The summed E-state index contributed by atoms with van der Waals surface area (Å²) in [5.74, 6) is -0.0603. The Kier molecular flexibility index (Phi) is 5.69. The van der Waals surface area contributed by atoms with E-state index >= 15 is 0 Å². The molecule has 4 nitrogen and oxygen atoms in total. The van der Waals surface area contributed by atoms with E-state index in [1.807, 2.05) is 13.8 Å². The second-order valence-corrected chi connectivity index (χ2v) is 2.69. The van der Waals surface area contributed by atoms with Gasteiger partial charge in [0.25, 0.3) is 0 Å². The Hall–Kier alpha value is -1.32. The van der Waals surface area contributed by atoms with Crippen molar-refractivity contribution in [1.29, 1.82) is 0 Å². The third kappa shape index (κ3) is 6.80. The van der Waals surface area contributed by atoms with Gasteiger partial charge in [0.05, 0.1) is 6.42 Å². The number of hydrogen-bond donors (Lipinski definition) is 1. The smallest absolute Gasteiger partial charge is 0.332 e. The van der Waals surface area contributed by atoms with Crippen molar-refractivity contribution in [3.05, 3.63) is 12.3 Å². The minimum atomic E-state index is -0.333. The molecule has 0 aromatic rings. The van der Waals surface area contributed by atoms with Crippen LogP contribution < -0.4 is 5.48 Å². The summed E-state index contributed by atoms with van der Waals surface area (Å²) in [5.41, 5.74) is 2.23. The van der Waals surface area contributed by atoms with Crippen molar-refractivity contribution in [3.8, 4) is 0 Å². The largest absolute Gasteiger partial charge is 0.344 e. The summed E-state index contributed by atoms with van der Waals surface area (Å²) in [6.45, 7) is 3.84. The van der Waals surface area contributed by atoms with Crippen LogP contribution in [0.2, 0.25) is 0 Å². The zero-order valence-electron chi connectivity index (χ0n) is 7.24. The SMILES string of the molecule is CC(C)CC(=O)ONC=CC=O. The van der Waals surface area contributed by atoms with Gasteiger partial charge in [0, 0.05) is 6.20 Å². The summed E-state index contributed by atoms with van der Waals surface area (Å²) in [7, 11) is 0. The van der Waals surface area contributed by atoms with Crippen LogP contribution in [-0.2, 0) is 14.4 Å². The Morgan fingerprint density at radius 2 is 2.25 bits per heavy atom. The number of allylic oxidation sites excluding steroid dienone is 1. The number of nitrogens with one attached hydrogen (secondary N) is 1. The summed E-state index contributed by atoms with van der Waals surface area (Å²) in [4.78, 5) is 25.1. The van der Waals surface area contributed by atoms with Crippen LogP contribution in [-0.4, -0.2) is 12.3 Å². The first-order chi connectivity index (χ1) is 5.66. The monoisotopic (exact) mass is 171 g/mol. The predicted molar refractivity (Wildman–Crippen MR) is 43.9 cm³/mol. The topological polar surface area (TPSA) is 55.4 Å². The van der Waals surface area contributed by atoms with Crippen LogP contribution in [0.25, 0.3) is 0 Å². The minimum absolute atomic E-state index is 0.273. The van der Waals surface area contributed by atoms with Gasteiger partial charge < -0.3 is 4.84 Å². The molecule has 0 unspecified atom stereocenters. The molecule has 1 N–H and O–H groups in total. The highest BCUT2D eigenvalue weighted by Gasteiger charge is 2.04. The van der Waals surface area contributed by atoms with E-state index in [1.54, 1.807) is 0 Å². The maximum absolute atomic E-state index is 10.8. The van der Waals surface area contributed by atoms with Crippen LogP contribution in [0.4, 0.5) is 0 Å². The molecule has 4 heteroatoms. The molecule has 0 saturated heterocycles. The van der Waals surface area contributed by atoms with Crippen molar-refractivity contribution in [1.82, 2.24) is 5.48 Å². The van der Waals surface area contributed by atoms with E-state index in [9.17, 15) is 9.59 Å². The van der Waals surface area contributed by atoms with E-state index in [2.05, 4.69) is 10.3 Å². The van der Waals surface area contributed by atoms with Gasteiger partial charge in [0.2, 0.25) is 0 Å². The van der Waals surface area contributed by atoms with Crippen LogP contribution >= 0.6 is 0 Å². The Balaban J connectivity index is 3.44. The highest BCUT2D eigenvalue weighted by molar-refractivity contribution is 5.69. The first-order valence-electron chi connectivity index (χ1n) is 3.72. The standard InChI is InChI=1S/C8H13NO3/c1-7(2)6-8(11)12-9-4-3-5-10/h3-5,7,9H,6H2,1-2H3. The van der Waals surface area contributed by atoms with Gasteiger partial charge in [-0.05, 0) is 12.0 Å². The van der Waals surface area contributed by atoms with Gasteiger partial charge in [-0.15, -0.1) is 0 Å². The zero-order valence-corrected chi connectivity index (χ0v) is 7.24. The third-order valence-electron chi connectivity index (χ3n) is 0.991. The van der Waals surface area contributed by atoms with Gasteiger partial charge in [-0.1, -0.05) is 13.8 Å². The van der Waals surface area contributed by atoms with Crippen molar-refractivity contribution in [3.63, 3.8) is 0 Å². The Morgan fingerprint density at radius 3 is 2.75 bits per heavy atom. The molecule has 0 fully saturated rings. The average molecular weight is 171 g/mol. The lowest BCUT2D eigenvalue weighted by molar-refractivity contribution is -0.149. The number of aldehydes is 1. The van der Waals surface area contributed by atoms with Crippen LogP contribution in [0.15, 0.2) is 12.3 Å². The second kappa shape index (κ2) is 6.39. The first-order valence-corrected chi connectivity index (χ1v) is 3.72. The maximum Gasteiger partial charge on any atom is 0.332 e. The van der Waals surface area contributed by atoms with Crippen molar-refractivity contribution < 1.29 is 14.4 Å². The highest BCUT2D eigenvalue weighted by Crippen LogP contribution is 1.99. The number of hydrogen-bond acceptors (Lipinski definition) is 4. The molecule has 68 valence electrons. The average Bonchev–Trinajstić information content (AvgIpc) is 1.97. The third-order valence-corrected chi connectivity index (χ3v) is 0.991. The highest BCUT2D eigenvalue weighted by atomic mass is 16.7. The molecule has 0 heterocycles. The summed E-state index contributed by atoms with van der Waals surface area (Å²) in [6.07, 6.45) is 3.40. The fraction of sp³-hybridized carbons (Fsp3) is 0.500. The normalized spacial score (nSPS) is 10.2. The summed E-state index contributed by atoms with van der Waals surface area (Å²) in [5, 5.41) is 0. The van der Waals surface area contributed by atoms with E-state index in [4.69, 9.17) is 0 Å². The second-order valence-electron chi connectivity index (χ2n) is 2.69. The van der Waals surface area contributed by atoms with Crippen molar-refractivity contribution >= 4 is 12.3 Å². The summed E-state index contributed by atoms with van der Waals surface area (Å²) in [6, 6.07) is 0. The number of carbonyl (C=O) groups is 2. The molecule has 0 spiro atoms. The van der Waals surface area contributed by atoms with Crippen molar-refractivity contribution in [2.75, 3.05) is 0 Å². The van der Waals surface area contributed by atoms with Crippen molar-refractivity contribution in [2.24, 2.45) is 5.92 Å². The molecule has 0 aliphatic carbocycles. The van der Waals surface area contributed by atoms with Crippen molar-refractivity contribution in [2.45, 2.75) is 20.3 Å². The molecule has 0 aliphatic heterocycles. The first kappa shape index (κ1) is 10.7. The van der Waals surface area contributed by atoms with Gasteiger partial charge in [0.1, 0.15) is 6.29 Å². The number of carbonyl (C=O) groups excluding carboxylic acids is 2. The Bertz CT molecular complexity index is 175. The van der Waals surface area contributed by atoms with E-state index in [0.29, 0.717) is 12.7 Å². The van der Waals surface area contributed by atoms with Gasteiger partial charge in [-0.2, -0.15) is 0 Å². The van der Waals surface area contributed by atoms with Gasteiger partial charge in [-0.3, -0.25) is 4.79 Å². The molecule has 0 bridgehead atoms. The van der Waals surface area contributed by atoms with Crippen LogP contribution in [0.1, 0.15) is 20.3 Å². The number of rotatable bonds is 5. The van der Waals surface area contributed by atoms with Crippen LogP contribution in [0.3, 0.4) is 0 Å². The molecular weight excluding hydrogens is 158 g/mol. The van der Waals surface area contributed by atoms with Gasteiger partial charge in [-0.25, -0.2) is 10.3 Å². The molecule has 0 aliphatic rings. The summed E-state index contributed by atoms with van der Waals surface area (Å²) >= 11 is 0. The van der Waals surface area contributed by atoms with E-state index in [1.165, 1.54) is 12.3 Å². The molecule has 0 radical (unpaired) electrons. The Labute approximate surface area is 71.5 Å². The number of hydroxylamine groups is 1. The molecule has 12 heavy (non-hydrogen) atoms. The van der Waals surface area contributed by atoms with Crippen LogP contribution in [0, 0.1) is 5.92 Å². The van der Waals surface area contributed by atoms with E-state index in [0.717, 1.165) is 0 Å².